The molecule has 108 valence electrons. The Kier molecular flexibility index (Phi) is 5.79. The van der Waals surface area contributed by atoms with E-state index >= 15 is 0 Å². The van der Waals surface area contributed by atoms with Crippen LogP contribution >= 0.6 is 23.2 Å². The highest BCUT2D eigenvalue weighted by atomic mass is 35.5. The summed E-state index contributed by atoms with van der Waals surface area (Å²) in [7, 11) is 2.24. The van der Waals surface area contributed by atoms with Crippen LogP contribution in [0.4, 0.5) is 10.1 Å². The van der Waals surface area contributed by atoms with Gasteiger partial charge < -0.3 is 14.8 Å². The molecule has 0 radical (unpaired) electrons. The van der Waals surface area contributed by atoms with E-state index in [0.717, 1.165) is 20.3 Å². The molecule has 0 bridgehead atoms. The zero-order valence-electron chi connectivity index (χ0n) is 10.5. The normalized spacial score (nSPS) is 10.9. The third-order valence-corrected chi connectivity index (χ3v) is 2.95. The second-order valence-electron chi connectivity index (χ2n) is 3.42. The molecule has 5 nitrogen and oxygen atoms in total. The van der Waals surface area contributed by atoms with E-state index in [1.54, 1.807) is 0 Å². The Labute approximate surface area is 124 Å². The summed E-state index contributed by atoms with van der Waals surface area (Å²) in [6.07, 6.45) is 0.827. The number of nitrogens with one attached hydrogen (secondary N) is 1. The van der Waals surface area contributed by atoms with Crippen LogP contribution in [0.25, 0.3) is 0 Å². The monoisotopic (exact) mass is 321 g/mol. The van der Waals surface area contributed by atoms with Crippen molar-refractivity contribution in [1.82, 2.24) is 0 Å². The number of hydrogen-bond acceptors (Lipinski definition) is 5. The van der Waals surface area contributed by atoms with E-state index in [-0.39, 0.29) is 21.4 Å². The van der Waals surface area contributed by atoms with Crippen molar-refractivity contribution in [1.29, 1.82) is 0 Å². The van der Waals surface area contributed by atoms with Crippen molar-refractivity contribution in [2.75, 3.05) is 19.5 Å². The SMILES string of the molecule is COC(=O)/C=C(/Nc1ccc(Cl)c(Cl)c1F)C(=O)OC. The molecule has 0 atom stereocenters. The fraction of sp³-hybridized carbons (Fsp3) is 0.167. The fourth-order valence-corrected chi connectivity index (χ4v) is 1.51. The first-order valence-corrected chi connectivity index (χ1v) is 5.94. The molecule has 0 fully saturated rings. The summed E-state index contributed by atoms with van der Waals surface area (Å²) in [6, 6.07) is 2.60. The van der Waals surface area contributed by atoms with Gasteiger partial charge in [0.25, 0.3) is 0 Å². The van der Waals surface area contributed by atoms with Crippen LogP contribution in [0.3, 0.4) is 0 Å². The molecule has 8 heteroatoms. The highest BCUT2D eigenvalue weighted by molar-refractivity contribution is 6.42. The Morgan fingerprint density at radius 1 is 1.25 bits per heavy atom. The molecular formula is C12H10Cl2FNO4. The molecule has 0 saturated carbocycles. The summed E-state index contributed by atoms with van der Waals surface area (Å²) >= 11 is 11.3. The summed E-state index contributed by atoms with van der Waals surface area (Å²) in [5.74, 6) is -2.54. The van der Waals surface area contributed by atoms with Gasteiger partial charge in [-0.2, -0.15) is 0 Å². The first kappa shape index (κ1) is 16.3. The molecule has 0 aromatic heterocycles. The average Bonchev–Trinajstić information content (AvgIpc) is 2.45. The van der Waals surface area contributed by atoms with Crippen LogP contribution in [0, 0.1) is 5.82 Å². The minimum absolute atomic E-state index is 0.0197. The lowest BCUT2D eigenvalue weighted by atomic mass is 10.2. The zero-order valence-corrected chi connectivity index (χ0v) is 12.0. The van der Waals surface area contributed by atoms with Crippen molar-refractivity contribution in [3.05, 3.63) is 39.8 Å². The smallest absolute Gasteiger partial charge is 0.354 e. The lowest BCUT2D eigenvalue weighted by Gasteiger charge is -2.11. The molecular weight excluding hydrogens is 312 g/mol. The highest BCUT2D eigenvalue weighted by Gasteiger charge is 2.17. The van der Waals surface area contributed by atoms with E-state index < -0.39 is 17.8 Å². The average molecular weight is 322 g/mol. The summed E-state index contributed by atoms with van der Waals surface area (Å²) in [5.41, 5.74) is -0.448. The van der Waals surface area contributed by atoms with Gasteiger partial charge in [-0.05, 0) is 12.1 Å². The van der Waals surface area contributed by atoms with Crippen LogP contribution in [-0.2, 0) is 19.1 Å². The number of halogens is 3. The molecule has 0 spiro atoms. The molecule has 0 saturated heterocycles. The summed E-state index contributed by atoms with van der Waals surface area (Å²) in [5, 5.41) is 2.11. The van der Waals surface area contributed by atoms with Gasteiger partial charge in [0.2, 0.25) is 0 Å². The maximum atomic E-state index is 13.8. The Balaban J connectivity index is 3.14. The van der Waals surface area contributed by atoms with Gasteiger partial charge in [0.1, 0.15) is 5.70 Å². The van der Waals surface area contributed by atoms with E-state index in [0.29, 0.717) is 0 Å². The molecule has 1 aromatic carbocycles. The van der Waals surface area contributed by atoms with Crippen LogP contribution in [0.2, 0.25) is 10.0 Å². The molecule has 1 rings (SSSR count). The van der Waals surface area contributed by atoms with Gasteiger partial charge in [-0.15, -0.1) is 0 Å². The summed E-state index contributed by atoms with van der Waals surface area (Å²) in [4.78, 5) is 22.6. The number of carbonyl (C=O) groups excluding carboxylic acids is 2. The van der Waals surface area contributed by atoms with Gasteiger partial charge in [-0.1, -0.05) is 23.2 Å². The van der Waals surface area contributed by atoms with Crippen molar-refractivity contribution >= 4 is 40.8 Å². The van der Waals surface area contributed by atoms with Gasteiger partial charge >= 0.3 is 11.9 Å². The minimum atomic E-state index is -0.874. The van der Waals surface area contributed by atoms with Crippen molar-refractivity contribution in [3.8, 4) is 0 Å². The van der Waals surface area contributed by atoms with Crippen molar-refractivity contribution in [2.45, 2.75) is 0 Å². The number of ether oxygens (including phenoxy) is 2. The van der Waals surface area contributed by atoms with Crippen LogP contribution in [0.5, 0.6) is 0 Å². The van der Waals surface area contributed by atoms with Gasteiger partial charge in [-0.25, -0.2) is 14.0 Å². The molecule has 0 unspecified atom stereocenters. The topological polar surface area (TPSA) is 64.6 Å². The predicted octanol–water partition coefficient (Wildman–Crippen LogP) is 2.77. The Morgan fingerprint density at radius 3 is 2.45 bits per heavy atom. The highest BCUT2D eigenvalue weighted by Crippen LogP contribution is 2.30. The summed E-state index contributed by atoms with van der Waals surface area (Å²) in [6.45, 7) is 0. The van der Waals surface area contributed by atoms with Crippen molar-refractivity contribution in [3.63, 3.8) is 0 Å². The number of anilines is 1. The standard InChI is InChI=1S/C12H10Cl2FNO4/c1-19-9(17)5-8(12(18)20-2)16-7-4-3-6(13)10(14)11(7)15/h3-5,16H,1-2H3/b8-5+. The predicted molar refractivity (Wildman–Crippen MR) is 72.2 cm³/mol. The molecule has 0 heterocycles. The Hall–Kier alpha value is -1.79. The van der Waals surface area contributed by atoms with E-state index in [1.807, 2.05) is 0 Å². The molecule has 1 N–H and O–H groups in total. The van der Waals surface area contributed by atoms with E-state index in [1.165, 1.54) is 12.1 Å². The van der Waals surface area contributed by atoms with Gasteiger partial charge in [0, 0.05) is 0 Å². The second-order valence-corrected chi connectivity index (χ2v) is 4.21. The van der Waals surface area contributed by atoms with Crippen LogP contribution < -0.4 is 5.32 Å². The van der Waals surface area contributed by atoms with Gasteiger partial charge in [0.15, 0.2) is 5.82 Å². The Bertz CT molecular complexity index is 575. The lowest BCUT2D eigenvalue weighted by Crippen LogP contribution is -2.16. The zero-order chi connectivity index (χ0) is 15.3. The minimum Gasteiger partial charge on any atom is -0.466 e. The maximum Gasteiger partial charge on any atom is 0.354 e. The Morgan fingerprint density at radius 2 is 1.90 bits per heavy atom. The number of carbonyl (C=O) groups is 2. The van der Waals surface area contributed by atoms with Crippen LogP contribution in [0.1, 0.15) is 0 Å². The number of hydrogen-bond donors (Lipinski definition) is 1. The molecule has 0 aliphatic rings. The molecule has 0 amide bonds. The molecule has 1 aromatic rings. The van der Waals surface area contributed by atoms with Crippen molar-refractivity contribution < 1.29 is 23.5 Å². The summed E-state index contributed by atoms with van der Waals surface area (Å²) < 4.78 is 22.7. The first-order chi connectivity index (χ1) is 9.40. The van der Waals surface area contributed by atoms with Crippen molar-refractivity contribution in [2.24, 2.45) is 0 Å². The third-order valence-electron chi connectivity index (χ3n) is 2.17. The largest absolute Gasteiger partial charge is 0.466 e. The first-order valence-electron chi connectivity index (χ1n) is 5.19. The third kappa shape index (κ3) is 3.85. The second kappa shape index (κ2) is 7.12. The molecule has 0 aliphatic heterocycles. The fourth-order valence-electron chi connectivity index (χ4n) is 1.20. The van der Waals surface area contributed by atoms with Gasteiger partial charge in [0.05, 0.1) is 36.0 Å². The van der Waals surface area contributed by atoms with E-state index in [2.05, 4.69) is 14.8 Å². The van der Waals surface area contributed by atoms with E-state index in [9.17, 15) is 14.0 Å². The number of methoxy groups -OCH3 is 2. The number of esters is 2. The van der Waals surface area contributed by atoms with E-state index in [4.69, 9.17) is 23.2 Å². The number of rotatable bonds is 4. The molecule has 0 aliphatic carbocycles. The van der Waals surface area contributed by atoms with Crippen LogP contribution in [0.15, 0.2) is 23.9 Å². The molecule has 20 heavy (non-hydrogen) atoms. The van der Waals surface area contributed by atoms with Gasteiger partial charge in [-0.3, -0.25) is 0 Å². The van der Waals surface area contributed by atoms with Crippen LogP contribution in [-0.4, -0.2) is 26.2 Å². The maximum absolute atomic E-state index is 13.8. The lowest BCUT2D eigenvalue weighted by molar-refractivity contribution is -0.138. The number of benzene rings is 1. The quantitative estimate of drug-likeness (QED) is 0.525.